The Morgan fingerprint density at radius 2 is 1.84 bits per heavy atom. The average Bonchev–Trinajstić information content (AvgIpc) is 3.10. The molecule has 1 aliphatic rings. The van der Waals surface area contributed by atoms with Crippen molar-refractivity contribution in [3.8, 4) is 5.75 Å². The molecular formula is C23H28N6O2. The minimum Gasteiger partial charge on any atom is -0.497 e. The smallest absolute Gasteiger partial charge is 0.246 e. The summed E-state index contributed by atoms with van der Waals surface area (Å²) in [5, 5.41) is 4.53. The van der Waals surface area contributed by atoms with Gasteiger partial charge in [-0.25, -0.2) is 9.97 Å². The first-order valence-corrected chi connectivity index (χ1v) is 10.6. The number of carbonyl (C=O) groups excluding carboxylic acids is 1. The van der Waals surface area contributed by atoms with Crippen molar-refractivity contribution in [1.29, 1.82) is 0 Å². The summed E-state index contributed by atoms with van der Waals surface area (Å²) >= 11 is 0. The highest BCUT2D eigenvalue weighted by atomic mass is 16.5. The zero-order valence-electron chi connectivity index (χ0n) is 18.5. The number of ether oxygens (including phenoxy) is 1. The number of anilines is 1. The fraction of sp³-hybridized carbons (Fsp3) is 0.391. The van der Waals surface area contributed by atoms with E-state index in [-0.39, 0.29) is 5.91 Å². The van der Waals surface area contributed by atoms with Crippen LogP contribution in [0, 0.1) is 6.92 Å². The molecule has 1 aromatic carbocycles. The highest BCUT2D eigenvalue weighted by molar-refractivity contribution is 5.92. The fourth-order valence-electron chi connectivity index (χ4n) is 3.87. The second-order valence-corrected chi connectivity index (χ2v) is 7.64. The van der Waals surface area contributed by atoms with Crippen molar-refractivity contribution in [2.45, 2.75) is 20.3 Å². The van der Waals surface area contributed by atoms with Gasteiger partial charge < -0.3 is 14.5 Å². The van der Waals surface area contributed by atoms with E-state index in [1.807, 2.05) is 53.9 Å². The second kappa shape index (κ2) is 8.75. The highest BCUT2D eigenvalue weighted by Crippen LogP contribution is 2.26. The number of aromatic nitrogens is 4. The van der Waals surface area contributed by atoms with Crippen LogP contribution in [-0.2, 0) is 18.3 Å². The Balaban J connectivity index is 1.46. The fourth-order valence-corrected chi connectivity index (χ4v) is 3.87. The lowest BCUT2D eigenvalue weighted by molar-refractivity contribution is -0.126. The molecule has 1 fully saturated rings. The minimum absolute atomic E-state index is 0.0222. The Bertz CT molecular complexity index is 1110. The topological polar surface area (TPSA) is 76.4 Å². The molecule has 0 atom stereocenters. The number of nitrogens with zero attached hydrogens (tertiary/aromatic N) is 6. The van der Waals surface area contributed by atoms with Crippen LogP contribution in [0.4, 0.5) is 5.82 Å². The monoisotopic (exact) mass is 420 g/mol. The van der Waals surface area contributed by atoms with Gasteiger partial charge in [-0.15, -0.1) is 0 Å². The molecule has 1 saturated heterocycles. The van der Waals surface area contributed by atoms with Crippen LogP contribution in [0.2, 0.25) is 0 Å². The van der Waals surface area contributed by atoms with Crippen LogP contribution in [0.1, 0.15) is 24.0 Å². The lowest BCUT2D eigenvalue weighted by Crippen LogP contribution is -2.48. The number of methoxy groups -OCH3 is 1. The Kier molecular flexibility index (Phi) is 5.88. The van der Waals surface area contributed by atoms with Gasteiger partial charge in [-0.1, -0.05) is 19.1 Å². The van der Waals surface area contributed by atoms with Crippen molar-refractivity contribution in [1.82, 2.24) is 24.6 Å². The standard InChI is InChI=1S/C23H28N6O2/c1-5-19-24-21-16(2)26-27(3)22(21)23(25-19)29-14-12-28(13-15-29)20(30)11-8-17-6-9-18(31-4)10-7-17/h6-11H,5,12-15H2,1-4H3/b11-8+. The van der Waals surface area contributed by atoms with Crippen LogP contribution in [0.5, 0.6) is 5.75 Å². The minimum atomic E-state index is 0.0222. The predicted octanol–water partition coefficient (Wildman–Crippen LogP) is 2.60. The van der Waals surface area contributed by atoms with E-state index in [1.54, 1.807) is 13.2 Å². The van der Waals surface area contributed by atoms with Crippen LogP contribution in [0.3, 0.4) is 0 Å². The third-order valence-electron chi connectivity index (χ3n) is 5.62. The van der Waals surface area contributed by atoms with Gasteiger partial charge in [0.15, 0.2) is 5.82 Å². The second-order valence-electron chi connectivity index (χ2n) is 7.64. The van der Waals surface area contributed by atoms with Crippen molar-refractivity contribution in [3.63, 3.8) is 0 Å². The zero-order chi connectivity index (χ0) is 22.0. The molecule has 0 saturated carbocycles. The van der Waals surface area contributed by atoms with E-state index in [1.165, 1.54) is 0 Å². The first kappa shape index (κ1) is 20.8. The van der Waals surface area contributed by atoms with E-state index >= 15 is 0 Å². The molecule has 0 aliphatic carbocycles. The number of amides is 1. The van der Waals surface area contributed by atoms with Crippen molar-refractivity contribution < 1.29 is 9.53 Å². The molecule has 0 bridgehead atoms. The van der Waals surface area contributed by atoms with Gasteiger partial charge in [0, 0.05) is 45.7 Å². The van der Waals surface area contributed by atoms with Crippen molar-refractivity contribution in [3.05, 3.63) is 47.4 Å². The number of hydrogen-bond donors (Lipinski definition) is 0. The first-order valence-electron chi connectivity index (χ1n) is 10.6. The van der Waals surface area contributed by atoms with Crippen molar-refractivity contribution in [2.24, 2.45) is 7.05 Å². The van der Waals surface area contributed by atoms with E-state index in [2.05, 4.69) is 21.9 Å². The summed E-state index contributed by atoms with van der Waals surface area (Å²) in [5.41, 5.74) is 3.74. The largest absolute Gasteiger partial charge is 0.497 e. The molecular weight excluding hydrogens is 392 g/mol. The molecule has 0 spiro atoms. The molecule has 0 unspecified atom stereocenters. The summed E-state index contributed by atoms with van der Waals surface area (Å²) in [6.45, 7) is 6.78. The number of carbonyl (C=O) groups is 1. The number of aryl methyl sites for hydroxylation is 3. The molecule has 8 nitrogen and oxygen atoms in total. The number of fused-ring (bicyclic) bond motifs is 1. The van der Waals surface area contributed by atoms with E-state index in [4.69, 9.17) is 9.72 Å². The summed E-state index contributed by atoms with van der Waals surface area (Å²) < 4.78 is 7.02. The van der Waals surface area contributed by atoms with E-state index < -0.39 is 0 Å². The van der Waals surface area contributed by atoms with Gasteiger partial charge in [0.25, 0.3) is 0 Å². The first-order chi connectivity index (χ1) is 15.0. The molecule has 4 rings (SSSR count). The number of hydrogen-bond acceptors (Lipinski definition) is 6. The third-order valence-corrected chi connectivity index (χ3v) is 5.62. The normalized spacial score (nSPS) is 14.6. The Morgan fingerprint density at radius 3 is 2.48 bits per heavy atom. The average molecular weight is 421 g/mol. The van der Waals surface area contributed by atoms with Crippen LogP contribution < -0.4 is 9.64 Å². The Labute approximate surface area is 182 Å². The predicted molar refractivity (Wildman–Crippen MR) is 121 cm³/mol. The van der Waals surface area contributed by atoms with E-state index in [0.29, 0.717) is 13.1 Å². The summed E-state index contributed by atoms with van der Waals surface area (Å²) in [5.74, 6) is 2.55. The highest BCUT2D eigenvalue weighted by Gasteiger charge is 2.24. The molecule has 31 heavy (non-hydrogen) atoms. The van der Waals surface area contributed by atoms with Crippen LogP contribution in [0.15, 0.2) is 30.3 Å². The maximum atomic E-state index is 12.7. The molecule has 1 amide bonds. The van der Waals surface area contributed by atoms with Crippen LogP contribution in [0.25, 0.3) is 17.1 Å². The SMILES string of the molecule is CCc1nc(N2CCN(C(=O)/C=C/c3ccc(OC)cc3)CC2)c2c(n1)c(C)nn2C. The van der Waals surface area contributed by atoms with Crippen molar-refractivity contribution in [2.75, 3.05) is 38.2 Å². The zero-order valence-corrected chi connectivity index (χ0v) is 18.5. The molecule has 0 N–H and O–H groups in total. The molecule has 1 aliphatic heterocycles. The molecule has 162 valence electrons. The van der Waals surface area contributed by atoms with Gasteiger partial charge in [0.1, 0.15) is 22.6 Å². The Morgan fingerprint density at radius 1 is 1.13 bits per heavy atom. The molecule has 3 heterocycles. The Hall–Kier alpha value is -3.42. The summed E-state index contributed by atoms with van der Waals surface area (Å²) in [4.78, 5) is 26.3. The van der Waals surface area contributed by atoms with Gasteiger partial charge in [-0.05, 0) is 30.7 Å². The van der Waals surface area contributed by atoms with E-state index in [0.717, 1.165) is 59.2 Å². The van der Waals surface area contributed by atoms with E-state index in [9.17, 15) is 4.79 Å². The lowest BCUT2D eigenvalue weighted by Gasteiger charge is -2.35. The van der Waals surface area contributed by atoms with Gasteiger partial charge in [-0.3, -0.25) is 9.48 Å². The number of benzene rings is 1. The van der Waals surface area contributed by atoms with Gasteiger partial charge in [0.2, 0.25) is 5.91 Å². The summed E-state index contributed by atoms with van der Waals surface area (Å²) in [6.07, 6.45) is 4.25. The molecule has 8 heteroatoms. The third kappa shape index (κ3) is 4.23. The van der Waals surface area contributed by atoms with Crippen LogP contribution >= 0.6 is 0 Å². The summed E-state index contributed by atoms with van der Waals surface area (Å²) in [6, 6.07) is 7.64. The molecule has 2 aromatic heterocycles. The van der Waals surface area contributed by atoms with Gasteiger partial charge >= 0.3 is 0 Å². The maximum absolute atomic E-state index is 12.7. The number of piperazine rings is 1. The lowest BCUT2D eigenvalue weighted by atomic mass is 10.2. The molecule has 0 radical (unpaired) electrons. The molecule has 3 aromatic rings. The van der Waals surface area contributed by atoms with Gasteiger partial charge in [0.05, 0.1) is 12.8 Å². The maximum Gasteiger partial charge on any atom is 0.246 e. The quantitative estimate of drug-likeness (QED) is 0.591. The van der Waals surface area contributed by atoms with Gasteiger partial charge in [-0.2, -0.15) is 5.10 Å². The number of rotatable bonds is 5. The van der Waals surface area contributed by atoms with Crippen molar-refractivity contribution >= 4 is 28.8 Å². The van der Waals surface area contributed by atoms with Crippen LogP contribution in [-0.4, -0.2) is 63.8 Å². The summed E-state index contributed by atoms with van der Waals surface area (Å²) in [7, 11) is 3.57.